The Morgan fingerprint density at radius 3 is 2.51 bits per heavy atom. The lowest BCUT2D eigenvalue weighted by molar-refractivity contribution is -0.175. The molecule has 0 radical (unpaired) electrons. The smallest absolute Gasteiger partial charge is 0.245 e. The van der Waals surface area contributed by atoms with Gasteiger partial charge in [-0.2, -0.15) is 5.11 Å². The van der Waals surface area contributed by atoms with Crippen molar-refractivity contribution in [2.75, 3.05) is 26.8 Å². The molecule has 2 aliphatic heterocycles. The Morgan fingerprint density at radius 1 is 1.13 bits per heavy atom. The molecule has 2 aromatic rings. The molecule has 0 aromatic heterocycles. The summed E-state index contributed by atoms with van der Waals surface area (Å²) in [5.74, 6) is 1.03. The van der Waals surface area contributed by atoms with Gasteiger partial charge in [0.05, 0.1) is 20.2 Å². The topological polar surface area (TPSA) is 105 Å². The molecule has 0 saturated carbocycles. The third-order valence-electron chi connectivity index (χ3n) is 7.25. The van der Waals surface area contributed by atoms with E-state index in [1.54, 1.807) is 18.9 Å². The van der Waals surface area contributed by atoms with E-state index in [0.29, 0.717) is 38.4 Å². The number of amides is 2. The molecule has 0 aliphatic carbocycles. The number of methoxy groups -OCH3 is 1. The van der Waals surface area contributed by atoms with E-state index in [1.807, 2.05) is 36.4 Å². The summed E-state index contributed by atoms with van der Waals surface area (Å²) in [5, 5.41) is 11.0. The zero-order valence-electron chi connectivity index (χ0n) is 23.4. The van der Waals surface area contributed by atoms with E-state index in [9.17, 15) is 9.59 Å². The lowest BCUT2D eigenvalue weighted by Gasteiger charge is -2.51. The zero-order valence-corrected chi connectivity index (χ0v) is 23.4. The number of benzene rings is 2. The first-order chi connectivity index (χ1) is 18.8. The maximum atomic E-state index is 13.8. The number of rotatable bonds is 13. The second kappa shape index (κ2) is 13.0. The minimum atomic E-state index is -0.702. The summed E-state index contributed by atoms with van der Waals surface area (Å²) in [4.78, 5) is 32.8. The molecule has 9 nitrogen and oxygen atoms in total. The number of azo groups is 1. The van der Waals surface area contributed by atoms with E-state index in [2.05, 4.69) is 46.5 Å². The van der Waals surface area contributed by atoms with Crippen LogP contribution in [0.2, 0.25) is 0 Å². The molecule has 2 aromatic carbocycles. The molecule has 208 valence electrons. The van der Waals surface area contributed by atoms with Gasteiger partial charge in [-0.3, -0.25) is 9.59 Å². The molecule has 39 heavy (non-hydrogen) atoms. The minimum absolute atomic E-state index is 0.114. The third-order valence-corrected chi connectivity index (χ3v) is 7.25. The summed E-state index contributed by atoms with van der Waals surface area (Å²) < 4.78 is 11.7. The molecule has 2 heterocycles. The van der Waals surface area contributed by atoms with Crippen LogP contribution >= 0.6 is 0 Å². The largest absolute Gasteiger partial charge is 0.497 e. The van der Waals surface area contributed by atoms with Crippen LogP contribution in [0.4, 0.5) is 0 Å². The van der Waals surface area contributed by atoms with Crippen LogP contribution in [0, 0.1) is 6.92 Å². The molecule has 2 amide bonds. The number of ether oxygens (including phenoxy) is 2. The molecule has 0 spiro atoms. The van der Waals surface area contributed by atoms with Crippen molar-refractivity contribution in [1.29, 1.82) is 0 Å². The van der Waals surface area contributed by atoms with Crippen molar-refractivity contribution in [2.45, 2.75) is 70.7 Å². The molecule has 1 saturated heterocycles. The lowest BCUT2D eigenvalue weighted by atomic mass is 9.82. The number of likely N-dealkylation sites (tertiary alicyclic amines) is 1. The van der Waals surface area contributed by atoms with Crippen molar-refractivity contribution in [2.24, 2.45) is 15.2 Å². The highest BCUT2D eigenvalue weighted by molar-refractivity contribution is 5.88. The number of unbranched alkanes of at least 4 members (excludes halogenated alkanes) is 1. The molecule has 2 aliphatic rings. The Kier molecular flexibility index (Phi) is 9.45. The zero-order chi connectivity index (χ0) is 27.8. The molecule has 4 rings (SSSR count). The SMILES string of the molecule is CCCCOC1(c2ccccc2C)CN(C(=O)C(Cc2ccc(OC)cc2)NC(=O)CC[C@H]2N=NC(C)=N2)C1. The number of amidine groups is 1. The second-order valence-corrected chi connectivity index (χ2v) is 10.3. The first-order valence-electron chi connectivity index (χ1n) is 13.7. The number of carbonyl (C=O) groups is 2. The number of hydrogen-bond donors (Lipinski definition) is 1. The van der Waals surface area contributed by atoms with Crippen LogP contribution in [0.5, 0.6) is 5.75 Å². The third kappa shape index (κ3) is 7.09. The summed E-state index contributed by atoms with van der Waals surface area (Å²) in [5.41, 5.74) is 2.66. The standard InChI is InChI=1S/C30H39N5O4/c1-5-6-17-39-30(25-10-8-7-9-21(25)2)19-35(20-30)29(37)26(18-23-11-13-24(38-4)14-12-23)32-28(36)16-15-27-31-22(3)33-34-27/h7-14,26-27H,5-6,15-20H2,1-4H3,(H,32,36)/t26?,27-/m1/s1. The number of hydrogen-bond acceptors (Lipinski definition) is 7. The Balaban J connectivity index is 1.47. The van der Waals surface area contributed by atoms with E-state index in [-0.39, 0.29) is 24.4 Å². The van der Waals surface area contributed by atoms with Crippen molar-refractivity contribution in [3.8, 4) is 5.75 Å². The van der Waals surface area contributed by atoms with Crippen LogP contribution in [0.3, 0.4) is 0 Å². The molecular weight excluding hydrogens is 494 g/mol. The summed E-state index contributed by atoms with van der Waals surface area (Å²) in [6.45, 7) is 7.53. The van der Waals surface area contributed by atoms with Gasteiger partial charge in [0.2, 0.25) is 11.8 Å². The maximum Gasteiger partial charge on any atom is 0.245 e. The fraction of sp³-hybridized carbons (Fsp3) is 0.500. The first kappa shape index (κ1) is 28.4. The quantitative estimate of drug-likeness (QED) is 0.381. The summed E-state index contributed by atoms with van der Waals surface area (Å²) in [6.07, 6.45) is 2.69. The normalized spacial score (nSPS) is 18.3. The summed E-state index contributed by atoms with van der Waals surface area (Å²) in [6, 6.07) is 15.0. The number of aryl methyl sites for hydroxylation is 1. The summed E-state index contributed by atoms with van der Waals surface area (Å²) in [7, 11) is 1.62. The number of aliphatic imine (C=N–C) groups is 1. The van der Waals surface area contributed by atoms with Gasteiger partial charge in [0, 0.05) is 25.9 Å². The molecule has 2 atom stereocenters. The van der Waals surface area contributed by atoms with E-state index in [4.69, 9.17) is 9.47 Å². The van der Waals surface area contributed by atoms with Crippen LogP contribution in [-0.4, -0.2) is 61.6 Å². The first-order valence-corrected chi connectivity index (χ1v) is 13.7. The van der Waals surface area contributed by atoms with Gasteiger partial charge < -0.3 is 19.7 Å². The van der Waals surface area contributed by atoms with E-state index in [0.717, 1.165) is 35.3 Å². The second-order valence-electron chi connectivity index (χ2n) is 10.3. The van der Waals surface area contributed by atoms with E-state index in [1.165, 1.54) is 0 Å². The van der Waals surface area contributed by atoms with Crippen molar-refractivity contribution in [1.82, 2.24) is 10.2 Å². The molecule has 0 bridgehead atoms. The minimum Gasteiger partial charge on any atom is -0.497 e. The highest BCUT2D eigenvalue weighted by atomic mass is 16.5. The van der Waals surface area contributed by atoms with Gasteiger partial charge >= 0.3 is 0 Å². The van der Waals surface area contributed by atoms with Gasteiger partial charge in [-0.25, -0.2) is 4.99 Å². The highest BCUT2D eigenvalue weighted by Gasteiger charge is 2.49. The molecule has 1 N–H and O–H groups in total. The molecule has 1 unspecified atom stereocenters. The van der Waals surface area contributed by atoms with Crippen molar-refractivity contribution in [3.63, 3.8) is 0 Å². The summed E-state index contributed by atoms with van der Waals surface area (Å²) >= 11 is 0. The van der Waals surface area contributed by atoms with Crippen LogP contribution in [-0.2, 0) is 26.3 Å². The average Bonchev–Trinajstić information content (AvgIpc) is 3.34. The van der Waals surface area contributed by atoms with Crippen LogP contribution in [0.1, 0.15) is 56.2 Å². The van der Waals surface area contributed by atoms with Gasteiger partial charge in [-0.1, -0.05) is 49.7 Å². The fourth-order valence-corrected chi connectivity index (χ4v) is 5.05. The average molecular weight is 534 g/mol. The van der Waals surface area contributed by atoms with Crippen molar-refractivity contribution in [3.05, 3.63) is 65.2 Å². The van der Waals surface area contributed by atoms with Crippen molar-refractivity contribution < 1.29 is 19.1 Å². The van der Waals surface area contributed by atoms with Crippen LogP contribution in [0.15, 0.2) is 63.8 Å². The highest BCUT2D eigenvalue weighted by Crippen LogP contribution is 2.38. The number of nitrogens with one attached hydrogen (secondary N) is 1. The Hall–Kier alpha value is -3.59. The fourth-order valence-electron chi connectivity index (χ4n) is 5.05. The van der Waals surface area contributed by atoms with Gasteiger partial charge in [0.25, 0.3) is 0 Å². The molecule has 9 heteroatoms. The molecule has 1 fully saturated rings. The van der Waals surface area contributed by atoms with Gasteiger partial charge in [-0.15, -0.1) is 5.11 Å². The van der Waals surface area contributed by atoms with E-state index >= 15 is 0 Å². The molecular formula is C30H39N5O4. The number of nitrogens with zero attached hydrogens (tertiary/aromatic N) is 4. The van der Waals surface area contributed by atoms with Crippen LogP contribution < -0.4 is 10.1 Å². The predicted octanol–water partition coefficient (Wildman–Crippen LogP) is 4.58. The Bertz CT molecular complexity index is 1200. The van der Waals surface area contributed by atoms with E-state index < -0.39 is 11.6 Å². The number of carbonyl (C=O) groups excluding carboxylic acids is 2. The maximum absolute atomic E-state index is 13.8. The predicted molar refractivity (Wildman–Crippen MR) is 150 cm³/mol. The van der Waals surface area contributed by atoms with Crippen molar-refractivity contribution >= 4 is 17.6 Å². The Labute approximate surface area is 230 Å². The monoisotopic (exact) mass is 533 g/mol. The Morgan fingerprint density at radius 2 is 1.87 bits per heavy atom. The van der Waals surface area contributed by atoms with Crippen LogP contribution in [0.25, 0.3) is 0 Å². The lowest BCUT2D eigenvalue weighted by Crippen LogP contribution is -2.66. The van der Waals surface area contributed by atoms with Gasteiger partial charge in [0.15, 0.2) is 6.17 Å². The van der Waals surface area contributed by atoms with Gasteiger partial charge in [0.1, 0.15) is 23.2 Å². The van der Waals surface area contributed by atoms with Gasteiger partial charge in [-0.05, 0) is 49.1 Å².